The van der Waals surface area contributed by atoms with Crippen LogP contribution in [0, 0.1) is 11.3 Å². The standard InChI is InChI=1S/C50H30N6/c51-31-32-18-20-35(21-19-32)42-29-44-41-17-9-27-53-47(41)43(30-45(44)40-16-8-26-52-46(40)42)38-14-7-15-39(28-38)50-55-48(36-12-5-2-6-13-36)54-49(56-50)37-24-22-34(23-25-37)33-10-3-1-4-11-33/h1-30H. The maximum absolute atomic E-state index is 9.41. The zero-order chi connectivity index (χ0) is 37.4. The summed E-state index contributed by atoms with van der Waals surface area (Å²) in [5, 5.41) is 13.7. The van der Waals surface area contributed by atoms with Crippen molar-refractivity contribution >= 4 is 32.6 Å². The Morgan fingerprint density at radius 3 is 1.38 bits per heavy atom. The molecule has 0 saturated carbocycles. The smallest absolute Gasteiger partial charge is 0.164 e. The summed E-state index contributed by atoms with van der Waals surface area (Å²) < 4.78 is 0. The zero-order valence-electron chi connectivity index (χ0n) is 30.0. The molecule has 10 aromatic rings. The molecule has 0 unspecified atom stereocenters. The van der Waals surface area contributed by atoms with Gasteiger partial charge in [-0.2, -0.15) is 5.26 Å². The minimum absolute atomic E-state index is 0.586. The van der Waals surface area contributed by atoms with E-state index in [1.54, 1.807) is 0 Å². The molecule has 0 aliphatic heterocycles. The van der Waals surface area contributed by atoms with Gasteiger partial charge in [-0.3, -0.25) is 9.97 Å². The second-order valence-electron chi connectivity index (χ2n) is 13.6. The number of hydrogen-bond donors (Lipinski definition) is 0. The number of rotatable bonds is 6. The van der Waals surface area contributed by atoms with Crippen LogP contribution >= 0.6 is 0 Å². The quantitative estimate of drug-likeness (QED) is 0.159. The molecule has 0 aliphatic rings. The average molecular weight is 715 g/mol. The van der Waals surface area contributed by atoms with Gasteiger partial charge in [0.05, 0.1) is 22.7 Å². The molecule has 10 rings (SSSR count). The van der Waals surface area contributed by atoms with E-state index in [4.69, 9.17) is 24.9 Å². The van der Waals surface area contributed by atoms with Gasteiger partial charge in [0.15, 0.2) is 17.5 Å². The van der Waals surface area contributed by atoms with Crippen LogP contribution in [0.15, 0.2) is 182 Å². The molecule has 0 aliphatic carbocycles. The number of nitriles is 1. The molecule has 0 saturated heterocycles. The first-order valence-electron chi connectivity index (χ1n) is 18.4. The van der Waals surface area contributed by atoms with Gasteiger partial charge in [0.1, 0.15) is 0 Å². The monoisotopic (exact) mass is 714 g/mol. The Hall–Kier alpha value is -7.88. The normalized spacial score (nSPS) is 11.2. The molecule has 0 atom stereocenters. The van der Waals surface area contributed by atoms with Gasteiger partial charge in [-0.1, -0.05) is 127 Å². The van der Waals surface area contributed by atoms with Gasteiger partial charge in [0.25, 0.3) is 0 Å². The van der Waals surface area contributed by atoms with Gasteiger partial charge in [-0.25, -0.2) is 15.0 Å². The fourth-order valence-corrected chi connectivity index (χ4v) is 7.48. The van der Waals surface area contributed by atoms with E-state index < -0.39 is 0 Å². The summed E-state index contributed by atoms with van der Waals surface area (Å²) in [4.78, 5) is 24.9. The van der Waals surface area contributed by atoms with Crippen LogP contribution in [-0.2, 0) is 0 Å². The van der Waals surface area contributed by atoms with Crippen molar-refractivity contribution < 1.29 is 0 Å². The molecule has 0 spiro atoms. The molecule has 0 radical (unpaired) electrons. The lowest BCUT2D eigenvalue weighted by molar-refractivity contribution is 1.07. The number of fused-ring (bicyclic) bond motifs is 5. The molecular formula is C50H30N6. The summed E-state index contributed by atoms with van der Waals surface area (Å²) in [5.41, 5.74) is 11.4. The second kappa shape index (κ2) is 13.8. The minimum atomic E-state index is 0.586. The highest BCUT2D eigenvalue weighted by Crippen LogP contribution is 2.41. The molecule has 3 heterocycles. The Morgan fingerprint density at radius 2 is 0.786 bits per heavy atom. The van der Waals surface area contributed by atoms with Gasteiger partial charge in [-0.15, -0.1) is 0 Å². The van der Waals surface area contributed by atoms with Crippen LogP contribution < -0.4 is 0 Å². The van der Waals surface area contributed by atoms with Crippen molar-refractivity contribution in [1.82, 2.24) is 24.9 Å². The van der Waals surface area contributed by atoms with Crippen LogP contribution in [0.1, 0.15) is 5.56 Å². The molecule has 7 aromatic carbocycles. The molecule has 0 fully saturated rings. The molecule has 260 valence electrons. The van der Waals surface area contributed by atoms with Gasteiger partial charge < -0.3 is 0 Å². The summed E-state index contributed by atoms with van der Waals surface area (Å²) in [7, 11) is 0. The van der Waals surface area contributed by atoms with Crippen LogP contribution in [0.25, 0.3) is 100 Å². The van der Waals surface area contributed by atoms with Crippen molar-refractivity contribution in [2.45, 2.75) is 0 Å². The third-order valence-corrected chi connectivity index (χ3v) is 10.2. The number of benzene rings is 7. The minimum Gasteiger partial charge on any atom is -0.256 e. The van der Waals surface area contributed by atoms with Crippen LogP contribution in [-0.4, -0.2) is 24.9 Å². The number of aromatic nitrogens is 5. The lowest BCUT2D eigenvalue weighted by Crippen LogP contribution is -2.00. The predicted octanol–water partition coefficient (Wildman–Crippen LogP) is 12.0. The molecule has 3 aromatic heterocycles. The van der Waals surface area contributed by atoms with Gasteiger partial charge in [0.2, 0.25) is 0 Å². The molecule has 6 heteroatoms. The predicted molar refractivity (Wildman–Crippen MR) is 225 cm³/mol. The maximum Gasteiger partial charge on any atom is 0.164 e. The van der Waals surface area contributed by atoms with Crippen molar-refractivity contribution in [3.63, 3.8) is 0 Å². The molecule has 6 nitrogen and oxygen atoms in total. The largest absolute Gasteiger partial charge is 0.256 e. The van der Waals surface area contributed by atoms with E-state index in [2.05, 4.69) is 91.0 Å². The highest BCUT2D eigenvalue weighted by atomic mass is 15.0. The Bertz CT molecular complexity index is 3120. The van der Waals surface area contributed by atoms with Gasteiger partial charge in [0, 0.05) is 51.0 Å². The van der Waals surface area contributed by atoms with E-state index in [0.29, 0.717) is 23.0 Å². The number of nitrogens with zero attached hydrogens (tertiary/aromatic N) is 6. The highest BCUT2D eigenvalue weighted by molar-refractivity contribution is 6.22. The summed E-state index contributed by atoms with van der Waals surface area (Å²) in [6, 6.07) is 59.7. The first kappa shape index (κ1) is 32.7. The first-order chi connectivity index (χ1) is 27.7. The van der Waals surface area contributed by atoms with Crippen molar-refractivity contribution in [3.05, 3.63) is 188 Å². The van der Waals surface area contributed by atoms with Crippen molar-refractivity contribution in [2.24, 2.45) is 0 Å². The molecule has 56 heavy (non-hydrogen) atoms. The summed E-state index contributed by atoms with van der Waals surface area (Å²) in [5.74, 6) is 1.80. The van der Waals surface area contributed by atoms with E-state index in [1.807, 2.05) is 97.3 Å². The topological polar surface area (TPSA) is 88.2 Å². The molecule has 0 amide bonds. The van der Waals surface area contributed by atoms with Crippen molar-refractivity contribution in [2.75, 3.05) is 0 Å². The van der Waals surface area contributed by atoms with Crippen LogP contribution in [0.2, 0.25) is 0 Å². The number of pyridine rings is 2. The van der Waals surface area contributed by atoms with E-state index >= 15 is 0 Å². The average Bonchev–Trinajstić information content (AvgIpc) is 3.29. The SMILES string of the molecule is N#Cc1ccc(-c2cc3c4cccnc4c(-c4cccc(-c5nc(-c6ccccc6)nc(-c6ccc(-c7ccccc7)cc6)n5)c4)cc3c3cccnc23)cc1. The van der Waals surface area contributed by atoms with Crippen LogP contribution in [0.5, 0.6) is 0 Å². The lowest BCUT2D eigenvalue weighted by atomic mass is 9.90. The van der Waals surface area contributed by atoms with E-state index in [9.17, 15) is 5.26 Å². The Morgan fingerprint density at radius 1 is 0.339 bits per heavy atom. The first-order valence-corrected chi connectivity index (χ1v) is 18.4. The van der Waals surface area contributed by atoms with Gasteiger partial charge >= 0.3 is 0 Å². The highest BCUT2D eigenvalue weighted by Gasteiger charge is 2.18. The summed E-state index contributed by atoms with van der Waals surface area (Å²) in [6.45, 7) is 0. The second-order valence-corrected chi connectivity index (χ2v) is 13.6. The fraction of sp³-hybridized carbons (Fsp3) is 0. The van der Waals surface area contributed by atoms with Crippen molar-refractivity contribution in [1.29, 1.82) is 5.26 Å². The third kappa shape index (κ3) is 5.90. The Kier molecular flexibility index (Phi) is 8.09. The molecule has 0 N–H and O–H groups in total. The zero-order valence-corrected chi connectivity index (χ0v) is 30.0. The fourth-order valence-electron chi connectivity index (χ4n) is 7.48. The van der Waals surface area contributed by atoms with Gasteiger partial charge in [-0.05, 0) is 75.5 Å². The van der Waals surface area contributed by atoms with E-state index in [-0.39, 0.29) is 0 Å². The Balaban J connectivity index is 1.13. The van der Waals surface area contributed by atoms with E-state index in [0.717, 1.165) is 82.6 Å². The summed E-state index contributed by atoms with van der Waals surface area (Å²) >= 11 is 0. The maximum atomic E-state index is 9.41. The molecular weight excluding hydrogens is 685 g/mol. The Labute approximate surface area is 323 Å². The van der Waals surface area contributed by atoms with Crippen molar-refractivity contribution in [3.8, 4) is 73.6 Å². The summed E-state index contributed by atoms with van der Waals surface area (Å²) in [6.07, 6.45) is 3.68. The van der Waals surface area contributed by atoms with Crippen LogP contribution in [0.3, 0.4) is 0 Å². The third-order valence-electron chi connectivity index (χ3n) is 10.2. The van der Waals surface area contributed by atoms with Crippen LogP contribution in [0.4, 0.5) is 0 Å². The lowest BCUT2D eigenvalue weighted by Gasteiger charge is -2.15. The molecule has 0 bridgehead atoms. The van der Waals surface area contributed by atoms with E-state index in [1.165, 1.54) is 0 Å². The number of hydrogen-bond acceptors (Lipinski definition) is 6.